The van der Waals surface area contributed by atoms with Crippen molar-refractivity contribution in [3.63, 3.8) is 0 Å². The molecule has 0 bridgehead atoms. The molecule has 3 N–H and O–H groups in total. The molecule has 32 heavy (non-hydrogen) atoms. The van der Waals surface area contributed by atoms with E-state index in [1.165, 1.54) is 38.1 Å². The highest BCUT2D eigenvalue weighted by atomic mass is 32.2. The van der Waals surface area contributed by atoms with Gasteiger partial charge < -0.3 is 15.3 Å². The summed E-state index contributed by atoms with van der Waals surface area (Å²) in [7, 11) is -0.0964. The third kappa shape index (κ3) is 4.52. The molecule has 0 fully saturated rings. The molecule has 168 valence electrons. The maximum Gasteiger partial charge on any atom is 0.318 e. The van der Waals surface area contributed by atoms with Crippen LogP contribution in [0.5, 0.6) is 0 Å². The van der Waals surface area contributed by atoms with Gasteiger partial charge in [0.2, 0.25) is 5.91 Å². The van der Waals surface area contributed by atoms with Gasteiger partial charge in [0.15, 0.2) is 0 Å². The first kappa shape index (κ1) is 23.1. The quantitative estimate of drug-likeness (QED) is 0.467. The molecule has 3 rings (SSSR count). The van der Waals surface area contributed by atoms with Gasteiger partial charge in [-0.25, -0.2) is 8.42 Å². The van der Waals surface area contributed by atoms with Gasteiger partial charge in [-0.2, -0.15) is 0 Å². The van der Waals surface area contributed by atoms with Crippen LogP contribution < -0.4 is 14.9 Å². The van der Waals surface area contributed by atoms with Crippen molar-refractivity contribution in [1.29, 1.82) is 0 Å². The van der Waals surface area contributed by atoms with Crippen molar-refractivity contribution >= 4 is 49.7 Å². The summed E-state index contributed by atoms with van der Waals surface area (Å²) in [4.78, 5) is 25.5. The van der Waals surface area contributed by atoms with Crippen molar-refractivity contribution in [1.82, 2.24) is 0 Å². The predicted octanol–water partition coefficient (Wildman–Crippen LogP) is 3.76. The Kier molecular flexibility index (Phi) is 6.13. The molecule has 8 nitrogen and oxygen atoms in total. The Morgan fingerprint density at radius 3 is 2.03 bits per heavy atom. The number of rotatable bonds is 7. The summed E-state index contributed by atoms with van der Waals surface area (Å²) in [6.45, 7) is 2.61. The highest BCUT2D eigenvalue weighted by molar-refractivity contribution is 7.93. The highest BCUT2D eigenvalue weighted by Gasteiger charge is 2.36. The van der Waals surface area contributed by atoms with Crippen molar-refractivity contribution in [2.24, 2.45) is 5.41 Å². The van der Waals surface area contributed by atoms with Gasteiger partial charge in [0.05, 0.1) is 4.90 Å². The lowest BCUT2D eigenvalue weighted by Crippen LogP contribution is -2.37. The van der Waals surface area contributed by atoms with Crippen LogP contribution in [-0.4, -0.2) is 39.5 Å². The number of carbonyl (C=O) groups excluding carboxylic acids is 1. The van der Waals surface area contributed by atoms with Crippen LogP contribution in [0.15, 0.2) is 65.6 Å². The van der Waals surface area contributed by atoms with Crippen molar-refractivity contribution in [3.8, 4) is 0 Å². The average molecular weight is 456 g/mol. The number of nitrogens with one attached hydrogen (secondary N) is 2. The number of carboxylic acid groups (broad SMARTS) is 1. The van der Waals surface area contributed by atoms with Gasteiger partial charge in [-0.1, -0.05) is 24.3 Å². The lowest BCUT2D eigenvalue weighted by atomic mass is 9.92. The molecule has 0 saturated heterocycles. The number of sulfonamides is 1. The largest absolute Gasteiger partial charge is 0.480 e. The monoisotopic (exact) mass is 455 g/mol. The maximum absolute atomic E-state index is 13.1. The Balaban J connectivity index is 1.86. The van der Waals surface area contributed by atoms with Crippen LogP contribution in [-0.2, 0) is 19.6 Å². The molecule has 0 spiro atoms. The molecule has 0 aromatic heterocycles. The second kappa shape index (κ2) is 8.51. The molecule has 0 aliphatic rings. The van der Waals surface area contributed by atoms with E-state index >= 15 is 0 Å². The van der Waals surface area contributed by atoms with Crippen LogP contribution in [0.4, 0.5) is 17.1 Å². The summed E-state index contributed by atoms with van der Waals surface area (Å²) < 4.78 is 28.8. The fraction of sp³-hybridized carbons (Fsp3) is 0.217. The zero-order valence-corrected chi connectivity index (χ0v) is 19.0. The number of anilines is 3. The molecule has 0 atom stereocenters. The number of aliphatic carboxylic acids is 1. The number of carbonyl (C=O) groups is 2. The van der Waals surface area contributed by atoms with Crippen LogP contribution in [0.25, 0.3) is 10.8 Å². The molecular weight excluding hydrogens is 430 g/mol. The number of hydrogen-bond acceptors (Lipinski definition) is 5. The molecule has 1 amide bonds. The minimum absolute atomic E-state index is 0.152. The summed E-state index contributed by atoms with van der Waals surface area (Å²) >= 11 is 0. The predicted molar refractivity (Wildman–Crippen MR) is 126 cm³/mol. The van der Waals surface area contributed by atoms with E-state index in [4.69, 9.17) is 5.11 Å². The Labute approximate surface area is 186 Å². The molecule has 0 unspecified atom stereocenters. The van der Waals surface area contributed by atoms with Gasteiger partial charge in [0.25, 0.3) is 10.0 Å². The Morgan fingerprint density at radius 1 is 0.875 bits per heavy atom. The lowest BCUT2D eigenvalue weighted by molar-refractivity contribution is -0.151. The molecule has 3 aromatic carbocycles. The van der Waals surface area contributed by atoms with E-state index in [1.54, 1.807) is 18.2 Å². The van der Waals surface area contributed by atoms with Crippen LogP contribution in [0.1, 0.15) is 13.8 Å². The van der Waals surface area contributed by atoms with E-state index in [-0.39, 0.29) is 4.90 Å². The number of amides is 1. The van der Waals surface area contributed by atoms with E-state index < -0.39 is 27.3 Å². The van der Waals surface area contributed by atoms with Gasteiger partial charge in [0.1, 0.15) is 5.41 Å². The zero-order chi connectivity index (χ0) is 23.7. The summed E-state index contributed by atoms with van der Waals surface area (Å²) in [6, 6.07) is 16.6. The van der Waals surface area contributed by atoms with Gasteiger partial charge in [-0.3, -0.25) is 14.3 Å². The van der Waals surface area contributed by atoms with Crippen LogP contribution in [0.3, 0.4) is 0 Å². The van der Waals surface area contributed by atoms with E-state index in [0.717, 1.165) is 11.1 Å². The number of fused-ring (bicyclic) bond motifs is 1. The van der Waals surface area contributed by atoms with Crippen LogP contribution in [0, 0.1) is 5.41 Å². The Morgan fingerprint density at radius 2 is 1.44 bits per heavy atom. The van der Waals surface area contributed by atoms with E-state index in [2.05, 4.69) is 10.0 Å². The normalized spacial score (nSPS) is 11.8. The number of carboxylic acids is 1. The van der Waals surface area contributed by atoms with Crippen molar-refractivity contribution in [2.75, 3.05) is 29.0 Å². The fourth-order valence-electron chi connectivity index (χ4n) is 3.11. The molecule has 9 heteroatoms. The first-order valence-electron chi connectivity index (χ1n) is 9.80. The minimum Gasteiger partial charge on any atom is -0.480 e. The van der Waals surface area contributed by atoms with Gasteiger partial charge >= 0.3 is 5.97 Å². The highest BCUT2D eigenvalue weighted by Crippen LogP contribution is 2.31. The lowest BCUT2D eigenvalue weighted by Gasteiger charge is -2.18. The van der Waals surface area contributed by atoms with Gasteiger partial charge in [-0.05, 0) is 50.2 Å². The maximum atomic E-state index is 13.1. The number of nitrogens with zero attached hydrogens (tertiary/aromatic N) is 1. The van der Waals surface area contributed by atoms with E-state index in [9.17, 15) is 18.0 Å². The molecule has 0 aliphatic carbocycles. The van der Waals surface area contributed by atoms with Crippen molar-refractivity contribution in [3.05, 3.63) is 60.7 Å². The smallest absolute Gasteiger partial charge is 0.318 e. The third-order valence-corrected chi connectivity index (χ3v) is 6.57. The molecule has 3 aromatic rings. The van der Waals surface area contributed by atoms with Gasteiger partial charge in [0, 0.05) is 41.9 Å². The SMILES string of the molecule is CN(C)c1cccc2c(S(=O)(=O)Nc3ccc(NC(=O)C(C)(C)C(=O)O)cc3)cccc12. The molecule has 0 aliphatic heterocycles. The summed E-state index contributed by atoms with van der Waals surface area (Å²) in [5.41, 5.74) is -0.0294. The fourth-order valence-corrected chi connectivity index (χ4v) is 4.39. The molecule has 0 saturated carbocycles. The minimum atomic E-state index is -3.89. The summed E-state index contributed by atoms with van der Waals surface area (Å²) in [5.74, 6) is -1.92. The molecular formula is C23H25N3O5S. The first-order chi connectivity index (χ1) is 14.9. The summed E-state index contributed by atoms with van der Waals surface area (Å²) in [5, 5.41) is 13.1. The second-order valence-corrected chi connectivity index (χ2v) is 9.74. The Hall–Kier alpha value is -3.59. The average Bonchev–Trinajstić information content (AvgIpc) is 2.73. The summed E-state index contributed by atoms with van der Waals surface area (Å²) in [6.07, 6.45) is 0. The number of hydrogen-bond donors (Lipinski definition) is 3. The molecule has 0 heterocycles. The third-order valence-electron chi connectivity index (χ3n) is 5.13. The van der Waals surface area contributed by atoms with Crippen molar-refractivity contribution < 1.29 is 23.1 Å². The van der Waals surface area contributed by atoms with E-state index in [0.29, 0.717) is 16.8 Å². The standard InChI is InChI=1S/C23H25N3O5S/c1-23(2,22(28)29)21(27)24-15-11-13-16(14-12-15)25-32(30,31)20-10-6-7-17-18(20)8-5-9-19(17)26(3)4/h5-14,25H,1-4H3,(H,24,27)(H,28,29). The number of benzene rings is 3. The van der Waals surface area contributed by atoms with Crippen LogP contribution >= 0.6 is 0 Å². The van der Waals surface area contributed by atoms with Crippen molar-refractivity contribution in [2.45, 2.75) is 18.7 Å². The topological polar surface area (TPSA) is 116 Å². The van der Waals surface area contributed by atoms with Crippen LogP contribution in [0.2, 0.25) is 0 Å². The molecule has 0 radical (unpaired) electrons. The Bertz CT molecular complexity index is 1280. The van der Waals surface area contributed by atoms with E-state index in [1.807, 2.05) is 37.2 Å². The first-order valence-corrected chi connectivity index (χ1v) is 11.3. The second-order valence-electron chi connectivity index (χ2n) is 8.09. The zero-order valence-electron chi connectivity index (χ0n) is 18.2. The van der Waals surface area contributed by atoms with Gasteiger partial charge in [-0.15, -0.1) is 0 Å².